The number of hydrogen-bond acceptors (Lipinski definition) is 2. The van der Waals surface area contributed by atoms with Crippen LogP contribution in [0.1, 0.15) is 23.5 Å². The van der Waals surface area contributed by atoms with E-state index in [1.807, 2.05) is 23.1 Å². The Morgan fingerprint density at radius 1 is 1.04 bits per heavy atom. The van der Waals surface area contributed by atoms with E-state index in [9.17, 15) is 9.18 Å². The molecule has 0 radical (unpaired) electrons. The molecule has 0 N–H and O–H groups in total. The first-order chi connectivity index (χ1) is 12.9. The molecule has 1 aliphatic heterocycles. The van der Waals surface area contributed by atoms with E-state index in [4.69, 9.17) is 23.2 Å². The Balaban J connectivity index is 1.38. The van der Waals surface area contributed by atoms with Gasteiger partial charge in [0.1, 0.15) is 5.82 Å². The van der Waals surface area contributed by atoms with Crippen LogP contribution in [0.25, 0.3) is 0 Å². The SMILES string of the molecule is Cc1ccc(Cl)cc1N1CCN(C(=O)[C@H]2CC2c2ccc(Cl)cc2F)CC1. The molecule has 4 rings (SSSR count). The van der Waals surface area contributed by atoms with Crippen molar-refractivity contribution in [1.82, 2.24) is 4.90 Å². The Hall–Kier alpha value is -1.78. The van der Waals surface area contributed by atoms with Crippen LogP contribution in [0.4, 0.5) is 10.1 Å². The number of hydrogen-bond donors (Lipinski definition) is 0. The standard InChI is InChI=1S/C21H21Cl2FN2O/c1-13-2-3-15(23)11-20(13)25-6-8-26(9-7-25)21(27)18-12-17(18)16-5-4-14(22)10-19(16)24/h2-5,10-11,17-18H,6-9,12H2,1H3/t17?,18-/m0/s1. The molecule has 1 heterocycles. The molecule has 6 heteroatoms. The van der Waals surface area contributed by atoms with Gasteiger partial charge in [0, 0.05) is 47.8 Å². The van der Waals surface area contributed by atoms with Crippen LogP contribution in [0, 0.1) is 18.7 Å². The monoisotopic (exact) mass is 406 g/mol. The smallest absolute Gasteiger partial charge is 0.226 e. The molecular formula is C21H21Cl2FN2O. The van der Waals surface area contributed by atoms with E-state index < -0.39 is 0 Å². The Labute approximate surface area is 168 Å². The van der Waals surface area contributed by atoms with Crippen molar-refractivity contribution in [3.63, 3.8) is 0 Å². The van der Waals surface area contributed by atoms with Crippen molar-refractivity contribution in [2.45, 2.75) is 19.3 Å². The molecular weight excluding hydrogens is 386 g/mol. The number of aryl methyl sites for hydroxylation is 1. The number of carbonyl (C=O) groups is 1. The van der Waals surface area contributed by atoms with Crippen LogP contribution in [0.15, 0.2) is 36.4 Å². The summed E-state index contributed by atoms with van der Waals surface area (Å²) in [7, 11) is 0. The Bertz CT molecular complexity index is 880. The average molecular weight is 407 g/mol. The van der Waals surface area contributed by atoms with Crippen molar-refractivity contribution in [2.24, 2.45) is 5.92 Å². The van der Waals surface area contributed by atoms with Gasteiger partial charge in [-0.05, 0) is 54.7 Å². The van der Waals surface area contributed by atoms with Crippen molar-refractivity contribution >= 4 is 34.8 Å². The summed E-state index contributed by atoms with van der Waals surface area (Å²) in [5.74, 6) is -0.316. The lowest BCUT2D eigenvalue weighted by molar-refractivity contribution is -0.132. The van der Waals surface area contributed by atoms with E-state index >= 15 is 0 Å². The second-order valence-electron chi connectivity index (χ2n) is 7.36. The van der Waals surface area contributed by atoms with Crippen molar-refractivity contribution in [3.05, 3.63) is 63.4 Å². The van der Waals surface area contributed by atoms with Crippen LogP contribution in [-0.2, 0) is 4.79 Å². The first kappa shape index (κ1) is 18.6. The van der Waals surface area contributed by atoms with Crippen LogP contribution in [0.5, 0.6) is 0 Å². The van der Waals surface area contributed by atoms with Crippen LogP contribution >= 0.6 is 23.2 Å². The van der Waals surface area contributed by atoms with Crippen LogP contribution in [-0.4, -0.2) is 37.0 Å². The molecule has 1 amide bonds. The summed E-state index contributed by atoms with van der Waals surface area (Å²) >= 11 is 12.0. The Morgan fingerprint density at radius 3 is 2.41 bits per heavy atom. The second kappa shape index (κ2) is 7.33. The molecule has 0 aromatic heterocycles. The summed E-state index contributed by atoms with van der Waals surface area (Å²) in [6.07, 6.45) is 0.713. The maximum absolute atomic E-state index is 14.1. The van der Waals surface area contributed by atoms with Crippen molar-refractivity contribution in [1.29, 1.82) is 0 Å². The van der Waals surface area contributed by atoms with Gasteiger partial charge in [-0.1, -0.05) is 35.3 Å². The van der Waals surface area contributed by atoms with Gasteiger partial charge < -0.3 is 9.80 Å². The number of anilines is 1. The van der Waals surface area contributed by atoms with Crippen molar-refractivity contribution in [3.8, 4) is 0 Å². The molecule has 1 saturated heterocycles. The third-order valence-corrected chi connectivity index (χ3v) is 6.04. The zero-order valence-corrected chi connectivity index (χ0v) is 16.6. The molecule has 2 fully saturated rings. The number of piperazine rings is 1. The van der Waals surface area contributed by atoms with Gasteiger partial charge in [0.2, 0.25) is 5.91 Å². The number of amides is 1. The van der Waals surface area contributed by atoms with E-state index in [1.54, 1.807) is 12.1 Å². The largest absolute Gasteiger partial charge is 0.368 e. The van der Waals surface area contributed by atoms with Gasteiger partial charge in [-0.3, -0.25) is 4.79 Å². The molecule has 1 saturated carbocycles. The third kappa shape index (κ3) is 3.78. The summed E-state index contributed by atoms with van der Waals surface area (Å²) < 4.78 is 14.1. The quantitative estimate of drug-likeness (QED) is 0.723. The Morgan fingerprint density at radius 2 is 1.70 bits per heavy atom. The minimum atomic E-state index is -0.316. The first-order valence-electron chi connectivity index (χ1n) is 9.19. The third-order valence-electron chi connectivity index (χ3n) is 5.57. The molecule has 1 unspecified atom stereocenters. The van der Waals surface area contributed by atoms with Gasteiger partial charge in [-0.2, -0.15) is 0 Å². The molecule has 2 aromatic rings. The summed E-state index contributed by atoms with van der Waals surface area (Å²) in [6.45, 7) is 4.98. The second-order valence-corrected chi connectivity index (χ2v) is 8.23. The normalized spacial score (nSPS) is 22.1. The van der Waals surface area contributed by atoms with Gasteiger partial charge in [0.15, 0.2) is 0 Å². The number of carbonyl (C=O) groups excluding carboxylic acids is 1. The maximum Gasteiger partial charge on any atom is 0.226 e. The van der Waals surface area contributed by atoms with Crippen LogP contribution in [0.3, 0.4) is 0 Å². The number of benzene rings is 2. The molecule has 2 aliphatic rings. The summed E-state index contributed by atoms with van der Waals surface area (Å²) in [6, 6.07) is 10.6. The minimum Gasteiger partial charge on any atom is -0.368 e. The molecule has 2 aromatic carbocycles. The summed E-state index contributed by atoms with van der Waals surface area (Å²) in [4.78, 5) is 17.0. The fourth-order valence-electron chi connectivity index (χ4n) is 3.94. The molecule has 1 aliphatic carbocycles. The molecule has 142 valence electrons. The Kier molecular flexibility index (Phi) is 5.04. The van der Waals surface area contributed by atoms with Crippen molar-refractivity contribution in [2.75, 3.05) is 31.1 Å². The fraction of sp³-hybridized carbons (Fsp3) is 0.381. The van der Waals surface area contributed by atoms with Gasteiger partial charge >= 0.3 is 0 Å². The highest BCUT2D eigenvalue weighted by atomic mass is 35.5. The summed E-state index contributed by atoms with van der Waals surface area (Å²) in [5, 5.41) is 1.10. The zero-order chi connectivity index (χ0) is 19.1. The van der Waals surface area contributed by atoms with Crippen molar-refractivity contribution < 1.29 is 9.18 Å². The lowest BCUT2D eigenvalue weighted by Gasteiger charge is -2.37. The van der Waals surface area contributed by atoms with E-state index in [0.29, 0.717) is 30.1 Å². The van der Waals surface area contributed by atoms with Crippen LogP contribution in [0.2, 0.25) is 10.0 Å². The predicted molar refractivity (Wildman–Crippen MR) is 107 cm³/mol. The lowest BCUT2D eigenvalue weighted by atomic mass is 10.1. The number of halogens is 3. The van der Waals surface area contributed by atoms with E-state index in [-0.39, 0.29) is 23.6 Å². The topological polar surface area (TPSA) is 23.6 Å². The van der Waals surface area contributed by atoms with Gasteiger partial charge in [-0.25, -0.2) is 4.39 Å². The fourth-order valence-corrected chi connectivity index (χ4v) is 4.26. The highest BCUT2D eigenvalue weighted by Gasteiger charge is 2.47. The highest BCUT2D eigenvalue weighted by Crippen LogP contribution is 2.49. The average Bonchev–Trinajstić information content (AvgIpc) is 3.44. The molecule has 27 heavy (non-hydrogen) atoms. The number of rotatable bonds is 3. The van der Waals surface area contributed by atoms with Gasteiger partial charge in [0.25, 0.3) is 0 Å². The van der Waals surface area contributed by atoms with Gasteiger partial charge in [0.05, 0.1) is 0 Å². The van der Waals surface area contributed by atoms with Gasteiger partial charge in [-0.15, -0.1) is 0 Å². The molecule has 3 nitrogen and oxygen atoms in total. The summed E-state index contributed by atoms with van der Waals surface area (Å²) in [5.41, 5.74) is 2.91. The maximum atomic E-state index is 14.1. The van der Waals surface area contributed by atoms with E-state index in [1.165, 1.54) is 11.6 Å². The zero-order valence-electron chi connectivity index (χ0n) is 15.1. The molecule has 0 spiro atoms. The van der Waals surface area contributed by atoms with E-state index in [0.717, 1.165) is 23.8 Å². The highest BCUT2D eigenvalue weighted by molar-refractivity contribution is 6.31. The van der Waals surface area contributed by atoms with Crippen LogP contribution < -0.4 is 4.90 Å². The first-order valence-corrected chi connectivity index (χ1v) is 9.94. The number of nitrogens with zero attached hydrogens (tertiary/aromatic N) is 2. The minimum absolute atomic E-state index is 0.0250. The lowest BCUT2D eigenvalue weighted by Crippen LogP contribution is -2.49. The molecule has 0 bridgehead atoms. The molecule has 2 atom stereocenters. The van der Waals surface area contributed by atoms with E-state index in [2.05, 4.69) is 11.8 Å². The predicted octanol–water partition coefficient (Wildman–Crippen LogP) is 4.89.